The third kappa shape index (κ3) is 6.57. The summed E-state index contributed by atoms with van der Waals surface area (Å²) >= 11 is 0. The Morgan fingerprint density at radius 2 is 2.00 bits per heavy atom. The molecule has 20 heavy (non-hydrogen) atoms. The molecular weight excluding hydrogens is 252 g/mol. The molecule has 0 fully saturated rings. The molecule has 1 aromatic carbocycles. The van der Waals surface area contributed by atoms with Crippen LogP contribution in [-0.2, 0) is 11.2 Å². The quantitative estimate of drug-likeness (QED) is 0.645. The minimum Gasteiger partial charge on any atom is -0.496 e. The smallest absolute Gasteiger partial charge is 0.221 e. The minimum absolute atomic E-state index is 0.128. The van der Waals surface area contributed by atoms with Crippen LogP contribution in [0.3, 0.4) is 0 Å². The Morgan fingerprint density at radius 1 is 1.20 bits per heavy atom. The lowest BCUT2D eigenvalue weighted by atomic mass is 10.1. The number of benzene rings is 1. The molecule has 0 spiro atoms. The molecule has 0 aromatic heterocycles. The van der Waals surface area contributed by atoms with Crippen molar-refractivity contribution in [2.24, 2.45) is 0 Å². The maximum Gasteiger partial charge on any atom is 0.221 e. The van der Waals surface area contributed by atoms with Crippen LogP contribution in [0.1, 0.15) is 31.7 Å². The van der Waals surface area contributed by atoms with E-state index in [-0.39, 0.29) is 5.91 Å². The van der Waals surface area contributed by atoms with Crippen LogP contribution >= 0.6 is 0 Å². The van der Waals surface area contributed by atoms with E-state index in [1.807, 2.05) is 18.2 Å². The lowest BCUT2D eigenvalue weighted by Gasteiger charge is -2.09. The van der Waals surface area contributed by atoms with E-state index in [2.05, 4.69) is 23.6 Å². The molecule has 1 rings (SSSR count). The number of ether oxygens (including phenoxy) is 1. The third-order valence-corrected chi connectivity index (χ3v) is 3.14. The Bertz CT molecular complexity index is 394. The first-order valence-corrected chi connectivity index (χ1v) is 7.37. The Labute approximate surface area is 121 Å². The van der Waals surface area contributed by atoms with Gasteiger partial charge in [-0.25, -0.2) is 0 Å². The summed E-state index contributed by atoms with van der Waals surface area (Å²) in [4.78, 5) is 11.5. The number of hydrogen-bond acceptors (Lipinski definition) is 3. The molecule has 0 aliphatic heterocycles. The highest BCUT2D eigenvalue weighted by Gasteiger charge is 2.02. The standard InChI is InChI=1S/C16H26N2O2/c1-3-4-11-18-16(19)10-13-17-12-9-14-7-5-6-8-15(14)20-2/h5-8,17H,3-4,9-13H2,1-2H3,(H,18,19). The number of unbranched alkanes of at least 4 members (excludes halogenated alkanes) is 1. The monoisotopic (exact) mass is 278 g/mol. The van der Waals surface area contributed by atoms with Gasteiger partial charge in [0.25, 0.3) is 0 Å². The van der Waals surface area contributed by atoms with E-state index in [0.717, 1.165) is 38.1 Å². The summed E-state index contributed by atoms with van der Waals surface area (Å²) < 4.78 is 5.30. The van der Waals surface area contributed by atoms with Gasteiger partial charge in [0.1, 0.15) is 5.75 Å². The highest BCUT2D eigenvalue weighted by atomic mass is 16.5. The fourth-order valence-electron chi connectivity index (χ4n) is 1.95. The van der Waals surface area contributed by atoms with E-state index < -0.39 is 0 Å². The molecule has 0 saturated heterocycles. The SMILES string of the molecule is CCCCNC(=O)CCNCCc1ccccc1OC. The van der Waals surface area contributed by atoms with Gasteiger partial charge >= 0.3 is 0 Å². The van der Waals surface area contributed by atoms with Crippen LogP contribution in [0.2, 0.25) is 0 Å². The van der Waals surface area contributed by atoms with Crippen molar-refractivity contribution in [1.82, 2.24) is 10.6 Å². The molecule has 0 bridgehead atoms. The van der Waals surface area contributed by atoms with E-state index in [9.17, 15) is 4.79 Å². The number of rotatable bonds is 10. The number of para-hydroxylation sites is 1. The first-order chi connectivity index (χ1) is 9.77. The molecule has 4 nitrogen and oxygen atoms in total. The van der Waals surface area contributed by atoms with E-state index in [0.29, 0.717) is 13.0 Å². The van der Waals surface area contributed by atoms with Crippen LogP contribution in [-0.4, -0.2) is 32.7 Å². The van der Waals surface area contributed by atoms with Crippen molar-refractivity contribution in [2.45, 2.75) is 32.6 Å². The topological polar surface area (TPSA) is 50.4 Å². The van der Waals surface area contributed by atoms with Crippen LogP contribution in [0.5, 0.6) is 5.75 Å². The van der Waals surface area contributed by atoms with Gasteiger partial charge in [0, 0.05) is 19.5 Å². The average Bonchev–Trinajstić information content (AvgIpc) is 2.47. The first-order valence-electron chi connectivity index (χ1n) is 7.37. The second-order valence-corrected chi connectivity index (χ2v) is 4.77. The summed E-state index contributed by atoms with van der Waals surface area (Å²) in [5, 5.41) is 6.20. The summed E-state index contributed by atoms with van der Waals surface area (Å²) in [6.07, 6.45) is 3.60. The Balaban J connectivity index is 2.11. The van der Waals surface area contributed by atoms with E-state index in [1.54, 1.807) is 7.11 Å². The summed E-state index contributed by atoms with van der Waals surface area (Å²) in [6.45, 7) is 4.47. The molecule has 0 unspecified atom stereocenters. The minimum atomic E-state index is 0.128. The van der Waals surface area contributed by atoms with Crippen LogP contribution in [0.4, 0.5) is 0 Å². The van der Waals surface area contributed by atoms with Gasteiger partial charge < -0.3 is 15.4 Å². The number of nitrogens with one attached hydrogen (secondary N) is 2. The van der Waals surface area contributed by atoms with Gasteiger partial charge in [0.15, 0.2) is 0 Å². The molecule has 0 heterocycles. The van der Waals surface area contributed by atoms with Gasteiger partial charge in [-0.05, 0) is 31.0 Å². The van der Waals surface area contributed by atoms with Crippen molar-refractivity contribution < 1.29 is 9.53 Å². The molecule has 0 saturated carbocycles. The van der Waals surface area contributed by atoms with E-state index in [1.165, 1.54) is 5.56 Å². The third-order valence-electron chi connectivity index (χ3n) is 3.14. The average molecular weight is 278 g/mol. The molecule has 0 aliphatic rings. The largest absolute Gasteiger partial charge is 0.496 e. The molecular formula is C16H26N2O2. The molecule has 2 N–H and O–H groups in total. The molecule has 0 aliphatic carbocycles. The second-order valence-electron chi connectivity index (χ2n) is 4.77. The summed E-state index contributed by atoms with van der Waals surface area (Å²) in [5.74, 6) is 1.05. The van der Waals surface area contributed by atoms with Gasteiger partial charge in [-0.15, -0.1) is 0 Å². The maximum atomic E-state index is 11.5. The number of methoxy groups -OCH3 is 1. The van der Waals surface area contributed by atoms with Gasteiger partial charge in [-0.1, -0.05) is 31.5 Å². The van der Waals surface area contributed by atoms with Crippen LogP contribution < -0.4 is 15.4 Å². The lowest BCUT2D eigenvalue weighted by Crippen LogP contribution is -2.29. The number of hydrogen-bond donors (Lipinski definition) is 2. The second kappa shape index (κ2) is 10.3. The molecule has 1 aromatic rings. The first kappa shape index (κ1) is 16.5. The Kier molecular flexibility index (Phi) is 8.47. The van der Waals surface area contributed by atoms with Crippen molar-refractivity contribution in [1.29, 1.82) is 0 Å². The maximum absolute atomic E-state index is 11.5. The number of carbonyl (C=O) groups is 1. The predicted molar refractivity (Wildman–Crippen MR) is 82.1 cm³/mol. The fraction of sp³-hybridized carbons (Fsp3) is 0.562. The molecule has 112 valence electrons. The summed E-state index contributed by atoms with van der Waals surface area (Å²) in [6, 6.07) is 8.02. The molecule has 1 amide bonds. The van der Waals surface area contributed by atoms with Gasteiger partial charge in [-0.2, -0.15) is 0 Å². The summed E-state index contributed by atoms with van der Waals surface area (Å²) in [7, 11) is 1.69. The zero-order valence-electron chi connectivity index (χ0n) is 12.6. The fourth-order valence-corrected chi connectivity index (χ4v) is 1.95. The Hall–Kier alpha value is -1.55. The van der Waals surface area contributed by atoms with Gasteiger partial charge in [0.05, 0.1) is 7.11 Å². The highest BCUT2D eigenvalue weighted by Crippen LogP contribution is 2.17. The van der Waals surface area contributed by atoms with Gasteiger partial charge in [0.2, 0.25) is 5.91 Å². The Morgan fingerprint density at radius 3 is 2.75 bits per heavy atom. The van der Waals surface area contributed by atoms with Crippen LogP contribution in [0.25, 0.3) is 0 Å². The highest BCUT2D eigenvalue weighted by molar-refractivity contribution is 5.75. The van der Waals surface area contributed by atoms with Gasteiger partial charge in [-0.3, -0.25) is 4.79 Å². The predicted octanol–water partition coefficient (Wildman–Crippen LogP) is 2.13. The molecule has 0 radical (unpaired) electrons. The lowest BCUT2D eigenvalue weighted by molar-refractivity contribution is -0.120. The van der Waals surface area contributed by atoms with Crippen molar-refractivity contribution in [3.63, 3.8) is 0 Å². The van der Waals surface area contributed by atoms with Crippen molar-refractivity contribution >= 4 is 5.91 Å². The molecule has 4 heteroatoms. The van der Waals surface area contributed by atoms with E-state index in [4.69, 9.17) is 4.74 Å². The van der Waals surface area contributed by atoms with E-state index >= 15 is 0 Å². The van der Waals surface area contributed by atoms with Crippen molar-refractivity contribution in [2.75, 3.05) is 26.7 Å². The van der Waals surface area contributed by atoms with Crippen LogP contribution in [0, 0.1) is 0 Å². The number of carbonyl (C=O) groups excluding carboxylic acids is 1. The normalized spacial score (nSPS) is 10.3. The zero-order valence-corrected chi connectivity index (χ0v) is 12.6. The van der Waals surface area contributed by atoms with Crippen molar-refractivity contribution in [3.05, 3.63) is 29.8 Å². The van der Waals surface area contributed by atoms with Crippen LogP contribution in [0.15, 0.2) is 24.3 Å². The number of amides is 1. The molecule has 0 atom stereocenters. The zero-order chi connectivity index (χ0) is 14.6. The summed E-state index contributed by atoms with van der Waals surface area (Å²) in [5.41, 5.74) is 1.19. The van der Waals surface area contributed by atoms with Crippen molar-refractivity contribution in [3.8, 4) is 5.75 Å².